The van der Waals surface area contributed by atoms with Crippen LogP contribution in [0.4, 0.5) is 5.69 Å². The van der Waals surface area contributed by atoms with Crippen molar-refractivity contribution in [2.45, 2.75) is 31.8 Å². The zero-order valence-electron chi connectivity index (χ0n) is 11.3. The van der Waals surface area contributed by atoms with Crippen molar-refractivity contribution in [3.63, 3.8) is 0 Å². The first-order chi connectivity index (χ1) is 9.69. The number of fused-ring (bicyclic) bond motifs is 1. The van der Waals surface area contributed by atoms with Crippen LogP contribution in [0.5, 0.6) is 0 Å². The molecule has 1 aromatic carbocycles. The molecule has 104 valence electrons. The van der Waals surface area contributed by atoms with E-state index in [0.29, 0.717) is 19.4 Å². The molecular formula is C15H17N3O2. The molecule has 2 aliphatic heterocycles. The topological polar surface area (TPSA) is 61.8 Å². The number of amides is 2. The van der Waals surface area contributed by atoms with Crippen LogP contribution >= 0.6 is 0 Å². The van der Waals surface area contributed by atoms with Gasteiger partial charge in [-0.05, 0) is 36.8 Å². The molecule has 20 heavy (non-hydrogen) atoms. The van der Waals surface area contributed by atoms with Gasteiger partial charge in [-0.25, -0.2) is 0 Å². The van der Waals surface area contributed by atoms with E-state index >= 15 is 0 Å². The van der Waals surface area contributed by atoms with E-state index in [1.165, 1.54) is 5.56 Å². The summed E-state index contributed by atoms with van der Waals surface area (Å²) in [6, 6.07) is 5.98. The van der Waals surface area contributed by atoms with Gasteiger partial charge in [0.25, 0.3) is 0 Å². The van der Waals surface area contributed by atoms with Crippen molar-refractivity contribution in [3.05, 3.63) is 29.3 Å². The maximum Gasteiger partial charge on any atom is 0.249 e. The third kappa shape index (κ3) is 2.19. The molecule has 5 heteroatoms. The lowest BCUT2D eigenvalue weighted by Crippen LogP contribution is -2.52. The van der Waals surface area contributed by atoms with E-state index in [1.54, 1.807) is 0 Å². The Labute approximate surface area is 117 Å². The molecule has 0 radical (unpaired) electrons. The number of benzene rings is 1. The van der Waals surface area contributed by atoms with Crippen LogP contribution in [-0.4, -0.2) is 31.1 Å². The predicted molar refractivity (Wildman–Crippen MR) is 76.9 cm³/mol. The first-order valence-corrected chi connectivity index (χ1v) is 6.83. The average Bonchev–Trinajstić information content (AvgIpc) is 2.82. The maximum atomic E-state index is 12.0. The van der Waals surface area contributed by atoms with E-state index in [1.807, 2.05) is 12.1 Å². The molecule has 1 aromatic rings. The Bertz CT molecular complexity index is 582. The number of nitrogens with zero attached hydrogens (tertiary/aromatic N) is 2. The number of rotatable bonds is 3. The first-order valence-electron chi connectivity index (χ1n) is 6.83. The van der Waals surface area contributed by atoms with Gasteiger partial charge in [0.05, 0.1) is 6.54 Å². The van der Waals surface area contributed by atoms with Crippen molar-refractivity contribution in [2.24, 2.45) is 4.99 Å². The summed E-state index contributed by atoms with van der Waals surface area (Å²) in [4.78, 5) is 29.2. The highest BCUT2D eigenvalue weighted by Crippen LogP contribution is 2.32. The van der Waals surface area contributed by atoms with Crippen LogP contribution in [0, 0.1) is 0 Å². The van der Waals surface area contributed by atoms with E-state index in [0.717, 1.165) is 24.2 Å². The molecule has 0 bridgehead atoms. The Balaban J connectivity index is 1.84. The molecule has 1 atom stereocenters. The number of anilines is 1. The third-order valence-corrected chi connectivity index (χ3v) is 3.96. The minimum atomic E-state index is -0.225. The molecule has 0 spiro atoms. The van der Waals surface area contributed by atoms with E-state index in [2.05, 4.69) is 28.0 Å². The molecule has 2 heterocycles. The third-order valence-electron chi connectivity index (χ3n) is 3.96. The largest absolute Gasteiger partial charge is 0.359 e. The number of piperidine rings is 1. The maximum absolute atomic E-state index is 12.0. The molecule has 0 aromatic heterocycles. The van der Waals surface area contributed by atoms with Crippen LogP contribution in [0.2, 0.25) is 0 Å². The molecular weight excluding hydrogens is 254 g/mol. The van der Waals surface area contributed by atoms with Crippen LogP contribution < -0.4 is 10.2 Å². The second kappa shape index (κ2) is 5.07. The molecule has 1 unspecified atom stereocenters. The Hall–Kier alpha value is -2.17. The number of aliphatic imine (C=N–C) groups is 1. The number of hydrogen-bond acceptors (Lipinski definition) is 4. The van der Waals surface area contributed by atoms with Gasteiger partial charge in [0.1, 0.15) is 6.04 Å². The summed E-state index contributed by atoms with van der Waals surface area (Å²) in [5.74, 6) is -0.344. The SMILES string of the molecule is C=NCc1ccc2c(c1)CCN2C1CCC(=O)NC1=O. The van der Waals surface area contributed by atoms with Gasteiger partial charge >= 0.3 is 0 Å². The molecule has 3 rings (SSSR count). The fourth-order valence-corrected chi connectivity index (χ4v) is 3.01. The van der Waals surface area contributed by atoms with Crippen LogP contribution in [0.1, 0.15) is 24.0 Å². The van der Waals surface area contributed by atoms with Gasteiger partial charge in [0, 0.05) is 18.7 Å². The number of hydrogen-bond donors (Lipinski definition) is 1. The van der Waals surface area contributed by atoms with Gasteiger partial charge in [-0.15, -0.1) is 0 Å². The average molecular weight is 271 g/mol. The molecule has 0 saturated carbocycles. The molecule has 1 saturated heterocycles. The molecule has 5 nitrogen and oxygen atoms in total. The Morgan fingerprint density at radius 1 is 1.35 bits per heavy atom. The van der Waals surface area contributed by atoms with Crippen molar-refractivity contribution in [1.29, 1.82) is 0 Å². The van der Waals surface area contributed by atoms with Gasteiger partial charge in [0.2, 0.25) is 11.8 Å². The van der Waals surface area contributed by atoms with E-state index in [9.17, 15) is 9.59 Å². The summed E-state index contributed by atoms with van der Waals surface area (Å²) in [6.07, 6.45) is 1.94. The van der Waals surface area contributed by atoms with Gasteiger partial charge in [-0.1, -0.05) is 12.1 Å². The Morgan fingerprint density at radius 2 is 2.20 bits per heavy atom. The summed E-state index contributed by atoms with van der Waals surface area (Å²) < 4.78 is 0. The molecule has 2 aliphatic rings. The minimum absolute atomic E-state index is 0.168. The Kier molecular flexibility index (Phi) is 3.26. The normalized spacial score (nSPS) is 21.6. The smallest absolute Gasteiger partial charge is 0.249 e. The van der Waals surface area contributed by atoms with Crippen molar-refractivity contribution < 1.29 is 9.59 Å². The fraction of sp³-hybridized carbons (Fsp3) is 0.400. The van der Waals surface area contributed by atoms with Gasteiger partial charge < -0.3 is 4.90 Å². The summed E-state index contributed by atoms with van der Waals surface area (Å²) in [5.41, 5.74) is 3.49. The van der Waals surface area contributed by atoms with Crippen molar-refractivity contribution in [2.75, 3.05) is 11.4 Å². The zero-order chi connectivity index (χ0) is 14.1. The number of imide groups is 1. The van der Waals surface area contributed by atoms with Crippen molar-refractivity contribution >= 4 is 24.2 Å². The first kappa shape index (κ1) is 12.8. The Morgan fingerprint density at radius 3 is 2.95 bits per heavy atom. The van der Waals surface area contributed by atoms with Gasteiger partial charge in [-0.2, -0.15) is 0 Å². The summed E-state index contributed by atoms with van der Waals surface area (Å²) in [7, 11) is 0. The molecule has 0 aliphatic carbocycles. The molecule has 1 N–H and O–H groups in total. The molecule has 2 amide bonds. The summed E-state index contributed by atoms with van der Waals surface area (Å²) in [6.45, 7) is 4.95. The fourth-order valence-electron chi connectivity index (χ4n) is 3.01. The lowest BCUT2D eigenvalue weighted by Gasteiger charge is -2.31. The van der Waals surface area contributed by atoms with E-state index in [4.69, 9.17) is 0 Å². The van der Waals surface area contributed by atoms with Crippen LogP contribution in [-0.2, 0) is 22.6 Å². The standard InChI is InChI=1S/C15H17N3O2/c1-16-9-10-2-3-12-11(8-10)6-7-18(12)13-4-5-14(19)17-15(13)20/h2-3,8,13H,1,4-7,9H2,(H,17,19,20). The monoisotopic (exact) mass is 271 g/mol. The number of carbonyl (C=O) groups excluding carboxylic acids is 2. The van der Waals surface area contributed by atoms with E-state index < -0.39 is 0 Å². The van der Waals surface area contributed by atoms with Crippen molar-refractivity contribution in [3.8, 4) is 0 Å². The zero-order valence-corrected chi connectivity index (χ0v) is 11.3. The number of carbonyl (C=O) groups is 2. The predicted octanol–water partition coefficient (Wildman–Crippen LogP) is 1.05. The molecule has 1 fully saturated rings. The van der Waals surface area contributed by atoms with Gasteiger partial charge in [0.15, 0.2) is 0 Å². The second-order valence-corrected chi connectivity index (χ2v) is 5.26. The second-order valence-electron chi connectivity index (χ2n) is 5.26. The summed E-state index contributed by atoms with van der Waals surface area (Å²) in [5, 5.41) is 2.43. The van der Waals surface area contributed by atoms with E-state index in [-0.39, 0.29) is 17.9 Å². The summed E-state index contributed by atoms with van der Waals surface area (Å²) >= 11 is 0. The van der Waals surface area contributed by atoms with Crippen molar-refractivity contribution in [1.82, 2.24) is 5.32 Å². The lowest BCUT2D eigenvalue weighted by atomic mass is 10.0. The quantitative estimate of drug-likeness (QED) is 0.660. The minimum Gasteiger partial charge on any atom is -0.359 e. The number of nitrogens with one attached hydrogen (secondary N) is 1. The highest BCUT2D eigenvalue weighted by atomic mass is 16.2. The lowest BCUT2D eigenvalue weighted by molar-refractivity contribution is -0.134. The highest BCUT2D eigenvalue weighted by molar-refractivity contribution is 6.01. The van der Waals surface area contributed by atoms with Crippen LogP contribution in [0.3, 0.4) is 0 Å². The van der Waals surface area contributed by atoms with Gasteiger partial charge in [-0.3, -0.25) is 19.9 Å². The van der Waals surface area contributed by atoms with Crippen LogP contribution in [0.25, 0.3) is 0 Å². The highest BCUT2D eigenvalue weighted by Gasteiger charge is 2.34. The van der Waals surface area contributed by atoms with Crippen LogP contribution in [0.15, 0.2) is 23.2 Å².